The Bertz CT molecular complexity index is 379. The van der Waals surface area contributed by atoms with Gasteiger partial charge in [-0.2, -0.15) is 4.79 Å². The zero-order chi connectivity index (χ0) is 14.0. The number of rotatable bonds is 10. The molecule has 0 aliphatic rings. The van der Waals surface area contributed by atoms with Crippen molar-refractivity contribution in [2.45, 2.75) is 33.1 Å². The molecule has 0 radical (unpaired) electrons. The van der Waals surface area contributed by atoms with E-state index >= 15 is 0 Å². The molecule has 0 aromatic carbocycles. The molecular formula is C11H19N2O4P. The first-order valence-electron chi connectivity index (χ1n) is 5.81. The summed E-state index contributed by atoms with van der Waals surface area (Å²) in [4.78, 5) is 14.6. The summed E-state index contributed by atoms with van der Waals surface area (Å²) in [6, 6.07) is 0. The minimum Gasteiger partial charge on any atom is -0.360 e. The molecule has 0 N–H and O–H groups in total. The molecule has 6 nitrogen and oxygen atoms in total. The van der Waals surface area contributed by atoms with Crippen molar-refractivity contribution in [3.05, 3.63) is 18.2 Å². The fraction of sp³-hybridized carbons (Fsp3) is 0.636. The lowest BCUT2D eigenvalue weighted by molar-refractivity contribution is -0.116. The maximum absolute atomic E-state index is 12.2. The largest absolute Gasteiger partial charge is 0.446 e. The van der Waals surface area contributed by atoms with Gasteiger partial charge in [0.05, 0.1) is 13.2 Å². The first-order chi connectivity index (χ1) is 8.55. The summed E-state index contributed by atoms with van der Waals surface area (Å²) in [6.07, 6.45) is 2.97. The third-order valence-corrected chi connectivity index (χ3v) is 4.07. The van der Waals surface area contributed by atoms with Gasteiger partial charge in [0.15, 0.2) is 0 Å². The minimum atomic E-state index is -3.81. The van der Waals surface area contributed by atoms with E-state index in [1.807, 2.05) is 0 Å². The highest BCUT2D eigenvalue weighted by Crippen LogP contribution is 2.49. The number of carbonyl (C=O) groups excluding carboxylic acids is 1. The van der Waals surface area contributed by atoms with Crippen LogP contribution in [0.4, 0.5) is 0 Å². The van der Waals surface area contributed by atoms with E-state index in [9.17, 15) is 9.36 Å². The van der Waals surface area contributed by atoms with Crippen LogP contribution in [0.1, 0.15) is 33.1 Å². The number of allylic oxidation sites excluding steroid dienone is 1. The van der Waals surface area contributed by atoms with E-state index < -0.39 is 18.8 Å². The van der Waals surface area contributed by atoms with Gasteiger partial charge in [0.1, 0.15) is 0 Å². The molecule has 0 saturated heterocycles. The number of Topliss-reactive ketones (excluding diaryl/α,β-unsaturated/α-hetero) is 1. The van der Waals surface area contributed by atoms with Crippen molar-refractivity contribution in [3.8, 4) is 0 Å². The van der Waals surface area contributed by atoms with Crippen LogP contribution in [0.5, 0.6) is 0 Å². The summed E-state index contributed by atoms with van der Waals surface area (Å²) in [6.45, 7) is 6.95. The molecule has 0 fully saturated rings. The van der Waals surface area contributed by atoms with Crippen LogP contribution in [-0.2, 0) is 18.4 Å². The second kappa shape index (κ2) is 8.95. The highest BCUT2D eigenvalue weighted by atomic mass is 31.2. The molecule has 0 aromatic rings. The first-order valence-corrected chi connectivity index (χ1v) is 7.35. The molecule has 102 valence electrons. The van der Waals surface area contributed by atoms with Crippen LogP contribution in [0.25, 0.3) is 5.53 Å². The van der Waals surface area contributed by atoms with Crippen LogP contribution in [-0.4, -0.2) is 29.2 Å². The lowest BCUT2D eigenvalue weighted by Crippen LogP contribution is -2.18. The molecule has 0 amide bonds. The predicted molar refractivity (Wildman–Crippen MR) is 68.5 cm³/mol. The summed E-state index contributed by atoms with van der Waals surface area (Å²) < 4.78 is 22.1. The van der Waals surface area contributed by atoms with Gasteiger partial charge in [-0.1, -0.05) is 6.08 Å². The molecule has 0 atom stereocenters. The van der Waals surface area contributed by atoms with Crippen molar-refractivity contribution in [3.63, 3.8) is 0 Å². The van der Waals surface area contributed by atoms with Crippen LogP contribution in [0.2, 0.25) is 0 Å². The fourth-order valence-corrected chi connectivity index (χ4v) is 2.81. The SMILES string of the molecule is C=CCCCC(=O)C(=[N+]=[N-])P(=O)(OCC)OCC. The van der Waals surface area contributed by atoms with Crippen LogP contribution in [0.3, 0.4) is 0 Å². The van der Waals surface area contributed by atoms with E-state index in [0.29, 0.717) is 12.8 Å². The molecular weight excluding hydrogens is 255 g/mol. The molecule has 0 heterocycles. The van der Waals surface area contributed by atoms with Crippen molar-refractivity contribution < 1.29 is 23.2 Å². The molecule has 0 unspecified atom stereocenters. The molecule has 0 spiro atoms. The van der Waals surface area contributed by atoms with Crippen molar-refractivity contribution >= 4 is 18.8 Å². The number of unbranched alkanes of at least 4 members (excludes halogenated alkanes) is 1. The van der Waals surface area contributed by atoms with Gasteiger partial charge in [-0.05, 0) is 26.7 Å². The second-order valence-corrected chi connectivity index (χ2v) is 5.30. The van der Waals surface area contributed by atoms with E-state index in [4.69, 9.17) is 14.6 Å². The van der Waals surface area contributed by atoms with Gasteiger partial charge < -0.3 is 14.6 Å². The lowest BCUT2D eigenvalue weighted by Gasteiger charge is -2.11. The highest BCUT2D eigenvalue weighted by molar-refractivity contribution is 7.74. The van der Waals surface area contributed by atoms with Crippen molar-refractivity contribution in [2.24, 2.45) is 0 Å². The molecule has 18 heavy (non-hydrogen) atoms. The normalized spacial score (nSPS) is 10.8. The molecule has 7 heteroatoms. The van der Waals surface area contributed by atoms with Gasteiger partial charge in [0.2, 0.25) is 0 Å². The van der Waals surface area contributed by atoms with Crippen molar-refractivity contribution in [2.75, 3.05) is 13.2 Å². The molecule has 0 rings (SSSR count). The molecule has 0 aliphatic heterocycles. The number of hydrogen-bond donors (Lipinski definition) is 0. The van der Waals surface area contributed by atoms with E-state index in [0.717, 1.165) is 0 Å². The Labute approximate surface area is 107 Å². The Balaban J connectivity index is 4.92. The monoisotopic (exact) mass is 274 g/mol. The van der Waals surface area contributed by atoms with Gasteiger partial charge >= 0.3 is 13.0 Å². The van der Waals surface area contributed by atoms with Gasteiger partial charge in [-0.15, -0.1) is 6.58 Å². The Hall–Kier alpha value is -1.06. The number of ketones is 1. The molecule has 0 bridgehead atoms. The van der Waals surface area contributed by atoms with E-state index in [1.165, 1.54) is 0 Å². The van der Waals surface area contributed by atoms with E-state index in [-0.39, 0.29) is 19.6 Å². The van der Waals surface area contributed by atoms with Crippen LogP contribution < -0.4 is 0 Å². The van der Waals surface area contributed by atoms with Gasteiger partial charge in [-0.25, -0.2) is 4.57 Å². The third-order valence-electron chi connectivity index (χ3n) is 2.01. The Morgan fingerprint density at radius 3 is 2.33 bits per heavy atom. The summed E-state index contributed by atoms with van der Waals surface area (Å²) in [5.74, 6) is -0.537. The van der Waals surface area contributed by atoms with Crippen molar-refractivity contribution in [1.82, 2.24) is 0 Å². The number of carbonyl (C=O) groups is 1. The standard InChI is InChI=1S/C11H19N2O4P/c1-4-7-8-9-10(14)11(13-12)18(15,16-5-2)17-6-3/h4H,1,5-9H2,2-3H3. The molecule has 0 aromatic heterocycles. The number of hydrogen-bond acceptors (Lipinski definition) is 4. The van der Waals surface area contributed by atoms with E-state index in [2.05, 4.69) is 11.4 Å². The summed E-state index contributed by atoms with van der Waals surface area (Å²) in [5, 5.41) is 0. The van der Waals surface area contributed by atoms with Crippen LogP contribution in [0, 0.1) is 0 Å². The van der Waals surface area contributed by atoms with E-state index in [1.54, 1.807) is 19.9 Å². The number of nitrogens with zero attached hydrogens (tertiary/aromatic N) is 2. The maximum atomic E-state index is 12.2. The van der Waals surface area contributed by atoms with Gasteiger partial charge in [-0.3, -0.25) is 4.79 Å². The van der Waals surface area contributed by atoms with Gasteiger partial charge in [0.25, 0.3) is 5.78 Å². The summed E-state index contributed by atoms with van der Waals surface area (Å²) in [5.41, 5.74) is 8.32. The minimum absolute atomic E-state index is 0.0935. The second-order valence-electron chi connectivity index (χ2n) is 3.36. The third kappa shape index (κ3) is 5.07. The Morgan fingerprint density at radius 1 is 1.39 bits per heavy atom. The first kappa shape index (κ1) is 16.9. The quantitative estimate of drug-likeness (QED) is 0.153. The smallest absolute Gasteiger partial charge is 0.360 e. The topological polar surface area (TPSA) is 89.0 Å². The zero-order valence-corrected chi connectivity index (χ0v) is 11.7. The maximum Gasteiger partial charge on any atom is 0.446 e. The van der Waals surface area contributed by atoms with Crippen LogP contribution >= 0.6 is 7.60 Å². The fourth-order valence-electron chi connectivity index (χ4n) is 1.28. The average Bonchev–Trinajstić information content (AvgIpc) is 2.30. The zero-order valence-electron chi connectivity index (χ0n) is 10.8. The summed E-state index contributed by atoms with van der Waals surface area (Å²) in [7, 11) is -3.81. The summed E-state index contributed by atoms with van der Waals surface area (Å²) >= 11 is 0. The average molecular weight is 274 g/mol. The Kier molecular flexibility index (Phi) is 8.42. The van der Waals surface area contributed by atoms with Gasteiger partial charge in [0, 0.05) is 6.42 Å². The van der Waals surface area contributed by atoms with Crippen LogP contribution in [0.15, 0.2) is 12.7 Å². The Morgan fingerprint density at radius 2 is 1.94 bits per heavy atom. The molecule has 0 saturated carbocycles. The molecule has 0 aliphatic carbocycles. The highest BCUT2D eigenvalue weighted by Gasteiger charge is 2.44. The lowest BCUT2D eigenvalue weighted by atomic mass is 10.2. The predicted octanol–water partition coefficient (Wildman–Crippen LogP) is 2.81. The van der Waals surface area contributed by atoms with Crippen molar-refractivity contribution in [1.29, 1.82) is 0 Å².